The molecule has 8 nitrogen and oxygen atoms in total. The summed E-state index contributed by atoms with van der Waals surface area (Å²) in [5.74, 6) is 0.591. The van der Waals surface area contributed by atoms with E-state index in [0.717, 1.165) is 4.31 Å². The molecule has 1 heterocycles. The van der Waals surface area contributed by atoms with Crippen molar-refractivity contribution in [2.45, 2.75) is 11.4 Å². The monoisotopic (exact) mass is 392 g/mol. The number of rotatable bonds is 7. The summed E-state index contributed by atoms with van der Waals surface area (Å²) in [6, 6.07) is 11.6. The number of hydrogen-bond acceptors (Lipinski definition) is 6. The van der Waals surface area contributed by atoms with Crippen molar-refractivity contribution in [3.8, 4) is 11.5 Å². The van der Waals surface area contributed by atoms with Crippen molar-refractivity contribution in [1.29, 1.82) is 0 Å². The minimum absolute atomic E-state index is 0.0613. The Hall–Kier alpha value is -2.78. The normalized spacial score (nSPS) is 11.9. The Morgan fingerprint density at radius 1 is 1.11 bits per heavy atom. The van der Waals surface area contributed by atoms with Crippen LogP contribution in [0.2, 0.25) is 0 Å². The third-order valence-corrected chi connectivity index (χ3v) is 5.87. The number of methoxy groups -OCH3 is 1. The van der Waals surface area contributed by atoms with Crippen LogP contribution in [0, 0.1) is 0 Å². The predicted octanol–water partition coefficient (Wildman–Crippen LogP) is 1.93. The average Bonchev–Trinajstić information content (AvgIpc) is 2.96. The lowest BCUT2D eigenvalue weighted by Gasteiger charge is -2.11. The molecular weight excluding hydrogens is 372 g/mol. The summed E-state index contributed by atoms with van der Waals surface area (Å²) in [5, 5.41) is 0. The minimum Gasteiger partial charge on any atom is -0.493 e. The summed E-state index contributed by atoms with van der Waals surface area (Å²) in [4.78, 5) is 12.2. The summed E-state index contributed by atoms with van der Waals surface area (Å²) in [7, 11) is 0.823. The summed E-state index contributed by atoms with van der Waals surface area (Å²) >= 11 is 0. The van der Waals surface area contributed by atoms with Gasteiger partial charge in [0.15, 0.2) is 17.1 Å². The van der Waals surface area contributed by atoms with Crippen LogP contribution < -0.4 is 15.2 Å². The largest absolute Gasteiger partial charge is 0.493 e. The van der Waals surface area contributed by atoms with Crippen molar-refractivity contribution in [2.75, 3.05) is 27.8 Å². The number of fused-ring (bicyclic) bond motifs is 1. The molecule has 0 unspecified atom stereocenters. The van der Waals surface area contributed by atoms with Gasteiger partial charge in [-0.3, -0.25) is 4.57 Å². The van der Waals surface area contributed by atoms with Gasteiger partial charge >= 0.3 is 5.76 Å². The molecule has 0 fully saturated rings. The van der Waals surface area contributed by atoms with E-state index in [4.69, 9.17) is 13.9 Å². The van der Waals surface area contributed by atoms with Crippen LogP contribution in [0.4, 0.5) is 0 Å². The van der Waals surface area contributed by atoms with E-state index in [0.29, 0.717) is 17.0 Å². The standard InChI is InChI=1S/C18H20N2O6S/c1-19(2)27(22,23)13-8-9-14-17(12-13)26-18(21)20(14)10-11-25-16-7-5-4-6-15(16)24-3/h4-9,12H,10-11H2,1-3H3. The van der Waals surface area contributed by atoms with Crippen LogP contribution in [-0.2, 0) is 16.6 Å². The molecule has 0 saturated carbocycles. The Kier molecular flexibility index (Phi) is 5.24. The number of para-hydroxylation sites is 2. The molecule has 0 aliphatic heterocycles. The van der Waals surface area contributed by atoms with Gasteiger partial charge in [-0.15, -0.1) is 0 Å². The molecule has 3 aromatic rings. The van der Waals surface area contributed by atoms with Crippen LogP contribution in [0.15, 0.2) is 56.6 Å². The van der Waals surface area contributed by atoms with Gasteiger partial charge in [0, 0.05) is 20.2 Å². The molecule has 0 atom stereocenters. The number of hydrogen-bond donors (Lipinski definition) is 0. The first-order valence-electron chi connectivity index (χ1n) is 8.16. The van der Waals surface area contributed by atoms with Gasteiger partial charge in [0.05, 0.1) is 24.1 Å². The Labute approximate surface area is 156 Å². The summed E-state index contributed by atoms with van der Waals surface area (Å²) in [6.45, 7) is 0.455. The number of aromatic nitrogens is 1. The molecule has 27 heavy (non-hydrogen) atoms. The van der Waals surface area contributed by atoms with Gasteiger partial charge in [-0.1, -0.05) is 12.1 Å². The Morgan fingerprint density at radius 3 is 2.48 bits per heavy atom. The van der Waals surface area contributed by atoms with E-state index in [2.05, 4.69) is 0 Å². The van der Waals surface area contributed by atoms with Crippen molar-refractivity contribution >= 4 is 21.1 Å². The van der Waals surface area contributed by atoms with E-state index < -0.39 is 15.8 Å². The topological polar surface area (TPSA) is 91.0 Å². The number of sulfonamides is 1. The Bertz CT molecular complexity index is 1110. The maximum absolute atomic E-state index is 12.2. The molecule has 0 N–H and O–H groups in total. The maximum Gasteiger partial charge on any atom is 0.420 e. The molecule has 0 saturated heterocycles. The quantitative estimate of drug-likeness (QED) is 0.610. The summed E-state index contributed by atoms with van der Waals surface area (Å²) in [5.41, 5.74) is 0.710. The summed E-state index contributed by atoms with van der Waals surface area (Å²) < 4.78 is 43.1. The van der Waals surface area contributed by atoms with Crippen molar-refractivity contribution in [2.24, 2.45) is 0 Å². The van der Waals surface area contributed by atoms with Gasteiger partial charge in [-0.05, 0) is 24.3 Å². The molecule has 0 amide bonds. The van der Waals surface area contributed by atoms with Crippen molar-refractivity contribution in [3.63, 3.8) is 0 Å². The van der Waals surface area contributed by atoms with Gasteiger partial charge in [0.2, 0.25) is 10.0 Å². The molecular formula is C18H20N2O6S. The fourth-order valence-corrected chi connectivity index (χ4v) is 3.53. The predicted molar refractivity (Wildman–Crippen MR) is 99.8 cm³/mol. The van der Waals surface area contributed by atoms with Gasteiger partial charge in [0.1, 0.15) is 6.61 Å². The SMILES string of the molecule is COc1ccccc1OCCn1c(=O)oc2cc(S(=O)(=O)N(C)C)ccc21. The third kappa shape index (κ3) is 3.69. The van der Waals surface area contributed by atoms with E-state index in [9.17, 15) is 13.2 Å². The molecule has 0 spiro atoms. The van der Waals surface area contributed by atoms with Gasteiger partial charge in [-0.2, -0.15) is 0 Å². The lowest BCUT2D eigenvalue weighted by molar-refractivity contribution is 0.277. The molecule has 0 radical (unpaired) electrons. The van der Waals surface area contributed by atoms with Crippen LogP contribution in [0.1, 0.15) is 0 Å². The Balaban J connectivity index is 1.83. The number of benzene rings is 2. The molecule has 144 valence electrons. The molecule has 3 rings (SSSR count). The fourth-order valence-electron chi connectivity index (χ4n) is 2.61. The lowest BCUT2D eigenvalue weighted by Crippen LogP contribution is -2.22. The number of ether oxygens (including phenoxy) is 2. The molecule has 0 aliphatic carbocycles. The molecule has 2 aromatic carbocycles. The van der Waals surface area contributed by atoms with Crippen molar-refractivity contribution < 1.29 is 22.3 Å². The number of oxazole rings is 1. The van der Waals surface area contributed by atoms with Crippen LogP contribution in [0.3, 0.4) is 0 Å². The van der Waals surface area contributed by atoms with E-state index in [1.54, 1.807) is 25.3 Å². The Morgan fingerprint density at radius 2 is 1.81 bits per heavy atom. The highest BCUT2D eigenvalue weighted by atomic mass is 32.2. The first-order valence-corrected chi connectivity index (χ1v) is 9.60. The highest BCUT2D eigenvalue weighted by Crippen LogP contribution is 2.26. The highest BCUT2D eigenvalue weighted by Gasteiger charge is 2.19. The van der Waals surface area contributed by atoms with Gasteiger partial charge in [0.25, 0.3) is 0 Å². The van der Waals surface area contributed by atoms with Crippen LogP contribution in [0.25, 0.3) is 11.1 Å². The first kappa shape index (κ1) is 19.0. The van der Waals surface area contributed by atoms with E-state index in [-0.39, 0.29) is 23.6 Å². The van der Waals surface area contributed by atoms with Gasteiger partial charge in [-0.25, -0.2) is 17.5 Å². The highest BCUT2D eigenvalue weighted by molar-refractivity contribution is 7.89. The zero-order valence-corrected chi connectivity index (χ0v) is 16.0. The maximum atomic E-state index is 12.2. The average molecular weight is 392 g/mol. The molecule has 0 aliphatic rings. The van der Waals surface area contributed by atoms with Crippen LogP contribution >= 0.6 is 0 Å². The number of nitrogens with zero attached hydrogens (tertiary/aromatic N) is 2. The fraction of sp³-hybridized carbons (Fsp3) is 0.278. The van der Waals surface area contributed by atoms with E-state index >= 15 is 0 Å². The second-order valence-electron chi connectivity index (χ2n) is 5.94. The third-order valence-electron chi connectivity index (χ3n) is 4.06. The lowest BCUT2D eigenvalue weighted by atomic mass is 10.3. The van der Waals surface area contributed by atoms with Crippen molar-refractivity contribution in [1.82, 2.24) is 8.87 Å². The zero-order chi connectivity index (χ0) is 19.6. The molecule has 9 heteroatoms. The van der Waals surface area contributed by atoms with Crippen molar-refractivity contribution in [3.05, 3.63) is 53.0 Å². The molecule has 0 bridgehead atoms. The second kappa shape index (κ2) is 7.45. The second-order valence-corrected chi connectivity index (χ2v) is 8.09. The molecule has 1 aromatic heterocycles. The minimum atomic E-state index is -3.61. The summed E-state index contributed by atoms with van der Waals surface area (Å²) in [6.07, 6.45) is 0. The van der Waals surface area contributed by atoms with Crippen LogP contribution in [-0.4, -0.2) is 45.1 Å². The van der Waals surface area contributed by atoms with Gasteiger partial charge < -0.3 is 13.9 Å². The first-order chi connectivity index (χ1) is 12.8. The smallest absolute Gasteiger partial charge is 0.420 e. The zero-order valence-electron chi connectivity index (χ0n) is 15.2. The van der Waals surface area contributed by atoms with Crippen LogP contribution in [0.5, 0.6) is 11.5 Å². The van der Waals surface area contributed by atoms with E-state index in [1.165, 1.54) is 30.8 Å². The van der Waals surface area contributed by atoms with E-state index in [1.807, 2.05) is 12.1 Å².